The van der Waals surface area contributed by atoms with E-state index < -0.39 is 0 Å². The zero-order valence-electron chi connectivity index (χ0n) is 13.4. The predicted octanol–water partition coefficient (Wildman–Crippen LogP) is 2.04. The Hall–Kier alpha value is -1.69. The maximum Gasteiger partial charge on any atom is 0.178 e. The lowest BCUT2D eigenvalue weighted by Gasteiger charge is -2.35. The van der Waals surface area contributed by atoms with Gasteiger partial charge in [0.05, 0.1) is 12.2 Å². The van der Waals surface area contributed by atoms with Crippen LogP contribution in [0.1, 0.15) is 40.4 Å². The van der Waals surface area contributed by atoms with Gasteiger partial charge in [0.1, 0.15) is 5.82 Å². The summed E-state index contributed by atoms with van der Waals surface area (Å²) in [5, 5.41) is 13.3. The smallest absolute Gasteiger partial charge is 0.178 e. The summed E-state index contributed by atoms with van der Waals surface area (Å²) in [7, 11) is 0. The first kappa shape index (κ1) is 14.3. The van der Waals surface area contributed by atoms with Crippen molar-refractivity contribution < 1.29 is 4.74 Å². The Morgan fingerprint density at radius 1 is 1.10 bits per heavy atom. The number of ether oxygens (including phenoxy) is 1. The van der Waals surface area contributed by atoms with Gasteiger partial charge in [-0.2, -0.15) is 4.52 Å². The normalized spacial score (nSPS) is 23.8. The molecule has 3 rings (SSSR count). The highest BCUT2D eigenvalue weighted by molar-refractivity contribution is 5.46. The molecule has 0 saturated carbocycles. The number of aromatic nitrogens is 4. The molecule has 6 nitrogen and oxygen atoms in total. The van der Waals surface area contributed by atoms with Gasteiger partial charge < -0.3 is 9.64 Å². The molecule has 1 aliphatic rings. The molecule has 0 amide bonds. The van der Waals surface area contributed by atoms with Crippen LogP contribution in [0.2, 0.25) is 0 Å². The van der Waals surface area contributed by atoms with Crippen molar-refractivity contribution in [3.05, 3.63) is 18.0 Å². The molecule has 1 fully saturated rings. The van der Waals surface area contributed by atoms with E-state index in [2.05, 4.69) is 49.7 Å². The molecule has 3 heterocycles. The summed E-state index contributed by atoms with van der Waals surface area (Å²) in [6, 6.07) is 4.00. The monoisotopic (exact) mass is 289 g/mol. The molecule has 2 unspecified atom stereocenters. The molecule has 6 heteroatoms. The molecule has 2 aromatic heterocycles. The van der Waals surface area contributed by atoms with Gasteiger partial charge in [0.15, 0.2) is 11.5 Å². The van der Waals surface area contributed by atoms with E-state index in [9.17, 15) is 0 Å². The molecule has 1 aliphatic heterocycles. The predicted molar refractivity (Wildman–Crippen MR) is 81.7 cm³/mol. The summed E-state index contributed by atoms with van der Waals surface area (Å²) >= 11 is 0. The van der Waals surface area contributed by atoms with Gasteiger partial charge in [-0.1, -0.05) is 20.8 Å². The average molecular weight is 289 g/mol. The van der Waals surface area contributed by atoms with Gasteiger partial charge >= 0.3 is 0 Å². The molecule has 2 atom stereocenters. The van der Waals surface area contributed by atoms with Gasteiger partial charge in [-0.25, -0.2) is 0 Å². The fourth-order valence-electron chi connectivity index (χ4n) is 2.78. The van der Waals surface area contributed by atoms with E-state index in [-0.39, 0.29) is 17.6 Å². The minimum absolute atomic E-state index is 0.0867. The number of fused-ring (bicyclic) bond motifs is 1. The van der Waals surface area contributed by atoms with Crippen molar-refractivity contribution in [1.82, 2.24) is 19.8 Å². The molecular weight excluding hydrogens is 266 g/mol. The van der Waals surface area contributed by atoms with Gasteiger partial charge in [-0.15, -0.1) is 15.3 Å². The van der Waals surface area contributed by atoms with E-state index in [1.807, 2.05) is 16.6 Å². The van der Waals surface area contributed by atoms with Crippen LogP contribution in [-0.2, 0) is 10.2 Å². The molecule has 0 N–H and O–H groups in total. The van der Waals surface area contributed by atoms with Crippen LogP contribution >= 0.6 is 0 Å². The second-order valence-electron chi connectivity index (χ2n) is 6.90. The maximum absolute atomic E-state index is 5.79. The Labute approximate surface area is 125 Å². The van der Waals surface area contributed by atoms with Gasteiger partial charge in [0, 0.05) is 18.5 Å². The number of nitrogens with zero attached hydrogens (tertiary/aromatic N) is 5. The van der Waals surface area contributed by atoms with Crippen molar-refractivity contribution in [2.45, 2.75) is 52.2 Å². The van der Waals surface area contributed by atoms with Crippen LogP contribution in [-0.4, -0.2) is 45.1 Å². The molecule has 0 spiro atoms. The number of hydrogen-bond donors (Lipinski definition) is 0. The molecule has 0 radical (unpaired) electrons. The molecule has 2 aromatic rings. The Morgan fingerprint density at radius 2 is 1.76 bits per heavy atom. The number of rotatable bonds is 1. The molecule has 1 saturated heterocycles. The van der Waals surface area contributed by atoms with Crippen LogP contribution in [0.4, 0.5) is 5.82 Å². The highest BCUT2D eigenvalue weighted by Gasteiger charge is 2.25. The van der Waals surface area contributed by atoms with E-state index in [0.717, 1.165) is 30.4 Å². The number of anilines is 1. The van der Waals surface area contributed by atoms with Crippen LogP contribution in [0.3, 0.4) is 0 Å². The van der Waals surface area contributed by atoms with E-state index in [4.69, 9.17) is 9.84 Å². The van der Waals surface area contributed by atoms with Crippen LogP contribution in [0, 0.1) is 0 Å². The van der Waals surface area contributed by atoms with Crippen molar-refractivity contribution in [2.24, 2.45) is 0 Å². The van der Waals surface area contributed by atoms with Gasteiger partial charge in [-0.3, -0.25) is 0 Å². The third kappa shape index (κ3) is 2.72. The highest BCUT2D eigenvalue weighted by atomic mass is 16.5. The topological polar surface area (TPSA) is 55.6 Å². The van der Waals surface area contributed by atoms with E-state index in [1.165, 1.54) is 0 Å². The van der Waals surface area contributed by atoms with E-state index in [0.29, 0.717) is 0 Å². The first-order valence-corrected chi connectivity index (χ1v) is 7.48. The second kappa shape index (κ2) is 4.94. The largest absolute Gasteiger partial charge is 0.372 e. The summed E-state index contributed by atoms with van der Waals surface area (Å²) in [6.45, 7) is 12.3. The summed E-state index contributed by atoms with van der Waals surface area (Å²) in [5.74, 6) is 1.84. The fourth-order valence-corrected chi connectivity index (χ4v) is 2.78. The minimum Gasteiger partial charge on any atom is -0.372 e. The third-order valence-corrected chi connectivity index (χ3v) is 3.66. The third-order valence-electron chi connectivity index (χ3n) is 3.66. The molecule has 114 valence electrons. The van der Waals surface area contributed by atoms with Crippen molar-refractivity contribution in [2.75, 3.05) is 18.0 Å². The Bertz CT molecular complexity index is 635. The van der Waals surface area contributed by atoms with E-state index in [1.54, 1.807) is 0 Å². The van der Waals surface area contributed by atoms with Crippen LogP contribution in [0.15, 0.2) is 12.1 Å². The summed E-state index contributed by atoms with van der Waals surface area (Å²) in [5.41, 5.74) is 0.703. The van der Waals surface area contributed by atoms with Gasteiger partial charge in [-0.05, 0) is 26.0 Å². The van der Waals surface area contributed by atoms with Crippen LogP contribution in [0.5, 0.6) is 0 Å². The fraction of sp³-hybridized carbons (Fsp3) is 0.667. The van der Waals surface area contributed by atoms with Crippen molar-refractivity contribution >= 4 is 11.5 Å². The maximum atomic E-state index is 5.79. The lowest BCUT2D eigenvalue weighted by molar-refractivity contribution is -0.00552. The minimum atomic E-state index is -0.0867. The van der Waals surface area contributed by atoms with Gasteiger partial charge in [0.25, 0.3) is 0 Å². The molecule has 0 aliphatic carbocycles. The van der Waals surface area contributed by atoms with Crippen molar-refractivity contribution in [3.63, 3.8) is 0 Å². The molecular formula is C15H23N5O. The number of morpholine rings is 1. The Balaban J connectivity index is 2.00. The van der Waals surface area contributed by atoms with Crippen LogP contribution < -0.4 is 4.90 Å². The second-order valence-corrected chi connectivity index (χ2v) is 6.90. The zero-order valence-corrected chi connectivity index (χ0v) is 13.4. The molecule has 0 aromatic carbocycles. The number of hydrogen-bond acceptors (Lipinski definition) is 5. The van der Waals surface area contributed by atoms with Gasteiger partial charge in [0.2, 0.25) is 0 Å². The van der Waals surface area contributed by atoms with Crippen molar-refractivity contribution in [1.29, 1.82) is 0 Å². The summed E-state index contributed by atoms with van der Waals surface area (Å²) in [6.07, 6.45) is 0.434. The average Bonchev–Trinajstić information content (AvgIpc) is 2.79. The summed E-state index contributed by atoms with van der Waals surface area (Å²) < 4.78 is 7.65. The van der Waals surface area contributed by atoms with Crippen LogP contribution in [0.25, 0.3) is 5.65 Å². The lowest BCUT2D eigenvalue weighted by Crippen LogP contribution is -2.46. The van der Waals surface area contributed by atoms with Crippen molar-refractivity contribution in [3.8, 4) is 0 Å². The quantitative estimate of drug-likeness (QED) is 0.804. The molecule has 21 heavy (non-hydrogen) atoms. The molecule has 0 bridgehead atoms. The standard InChI is InChI=1S/C15H23N5O/c1-10-8-19(9-11(2)21-10)13-7-6-12-16-17-14(15(3,4)5)20(12)18-13/h6-7,10-11H,8-9H2,1-5H3. The summed E-state index contributed by atoms with van der Waals surface area (Å²) in [4.78, 5) is 2.27. The Morgan fingerprint density at radius 3 is 2.38 bits per heavy atom. The SMILES string of the molecule is CC1CN(c2ccc3nnc(C(C)(C)C)n3n2)CC(C)O1. The Kier molecular flexibility index (Phi) is 3.36. The lowest BCUT2D eigenvalue weighted by atomic mass is 9.96. The zero-order chi connectivity index (χ0) is 15.2. The first-order chi connectivity index (χ1) is 9.84. The highest BCUT2D eigenvalue weighted by Crippen LogP contribution is 2.23. The first-order valence-electron chi connectivity index (χ1n) is 7.48. The van der Waals surface area contributed by atoms with E-state index >= 15 is 0 Å².